The van der Waals surface area contributed by atoms with Crippen LogP contribution in [0.25, 0.3) is 0 Å². The van der Waals surface area contributed by atoms with Crippen LogP contribution in [0, 0.1) is 0 Å². The molecule has 8 heteroatoms. The second-order valence-electron chi connectivity index (χ2n) is 4.79. The third kappa shape index (κ3) is 2.41. The summed E-state index contributed by atoms with van der Waals surface area (Å²) >= 11 is 0. The third-order valence-electron chi connectivity index (χ3n) is 3.31. The number of para-hydroxylation sites is 1. The number of benzene rings is 1. The van der Waals surface area contributed by atoms with Gasteiger partial charge in [-0.05, 0) is 12.1 Å². The molecule has 1 unspecified atom stereocenters. The molecule has 1 aliphatic heterocycles. The number of nitrogens with one attached hydrogen (secondary N) is 3. The molecule has 0 saturated carbocycles. The lowest BCUT2D eigenvalue weighted by Gasteiger charge is -2.15. The van der Waals surface area contributed by atoms with Crippen molar-refractivity contribution in [3.05, 3.63) is 57.4 Å². The fraction of sp³-hybridized carbons (Fsp3) is 0.143. The maximum Gasteiger partial charge on any atom is 0.325 e. The number of nitrogens with zero attached hydrogens (tertiary/aromatic N) is 1. The Morgan fingerprint density at radius 3 is 2.50 bits per heavy atom. The molecule has 2 heterocycles. The van der Waals surface area contributed by atoms with Crippen LogP contribution >= 0.6 is 0 Å². The average Bonchev–Trinajstić information content (AvgIpc) is 2.77. The largest absolute Gasteiger partial charge is 0.368 e. The highest BCUT2D eigenvalue weighted by atomic mass is 16.2. The molecule has 112 valence electrons. The number of amides is 2. The van der Waals surface area contributed by atoms with Gasteiger partial charge in [0.05, 0.1) is 12.1 Å². The van der Waals surface area contributed by atoms with Crippen molar-refractivity contribution >= 4 is 23.2 Å². The van der Waals surface area contributed by atoms with E-state index in [-0.39, 0.29) is 18.0 Å². The molecule has 8 nitrogen and oxygen atoms in total. The second-order valence-corrected chi connectivity index (χ2v) is 4.79. The van der Waals surface area contributed by atoms with E-state index in [9.17, 15) is 19.2 Å². The molecular weight excluding hydrogens is 288 g/mol. The first-order chi connectivity index (χ1) is 10.6. The van der Waals surface area contributed by atoms with Gasteiger partial charge in [-0.2, -0.15) is 0 Å². The fourth-order valence-corrected chi connectivity index (χ4v) is 2.30. The van der Waals surface area contributed by atoms with Gasteiger partial charge in [-0.3, -0.25) is 19.4 Å². The maximum absolute atomic E-state index is 12.4. The predicted molar refractivity (Wildman–Crippen MR) is 78.6 cm³/mol. The number of carbonyl (C=O) groups excluding carboxylic acids is 2. The van der Waals surface area contributed by atoms with Gasteiger partial charge in [0.15, 0.2) is 0 Å². The Labute approximate surface area is 123 Å². The van der Waals surface area contributed by atoms with Crippen molar-refractivity contribution in [3.8, 4) is 0 Å². The summed E-state index contributed by atoms with van der Waals surface area (Å²) in [5.41, 5.74) is -0.782. The predicted octanol–water partition coefficient (Wildman–Crippen LogP) is -0.193. The number of anilines is 2. The summed E-state index contributed by atoms with van der Waals surface area (Å²) < 4.78 is 0. The minimum Gasteiger partial charge on any atom is -0.368 e. The minimum atomic E-state index is -0.847. The molecule has 1 fully saturated rings. The Balaban J connectivity index is 1.85. The number of imide groups is 1. The zero-order valence-corrected chi connectivity index (χ0v) is 11.3. The maximum atomic E-state index is 12.4. The summed E-state index contributed by atoms with van der Waals surface area (Å²) in [6.07, 6.45) is 1.11. The van der Waals surface area contributed by atoms with Gasteiger partial charge in [0.2, 0.25) is 5.91 Å². The van der Waals surface area contributed by atoms with E-state index in [2.05, 4.69) is 10.3 Å². The van der Waals surface area contributed by atoms with E-state index in [1.54, 1.807) is 30.3 Å². The van der Waals surface area contributed by atoms with E-state index in [0.29, 0.717) is 5.69 Å². The molecule has 3 rings (SSSR count). The van der Waals surface area contributed by atoms with E-state index >= 15 is 0 Å². The number of aromatic amines is 2. The van der Waals surface area contributed by atoms with Crippen LogP contribution in [0.1, 0.15) is 6.42 Å². The van der Waals surface area contributed by atoms with Crippen molar-refractivity contribution in [1.29, 1.82) is 0 Å². The van der Waals surface area contributed by atoms with Crippen LogP contribution in [-0.4, -0.2) is 27.8 Å². The molecule has 1 atom stereocenters. The van der Waals surface area contributed by atoms with Gasteiger partial charge in [0.25, 0.3) is 11.5 Å². The highest BCUT2D eigenvalue weighted by molar-refractivity contribution is 6.23. The molecule has 1 aromatic carbocycles. The Morgan fingerprint density at radius 1 is 1.09 bits per heavy atom. The molecule has 1 aliphatic rings. The van der Waals surface area contributed by atoms with Crippen molar-refractivity contribution in [2.24, 2.45) is 0 Å². The monoisotopic (exact) mass is 300 g/mol. The number of hydrogen-bond acceptors (Lipinski definition) is 5. The number of rotatable bonds is 3. The molecule has 1 saturated heterocycles. The molecular formula is C14H12N4O4. The summed E-state index contributed by atoms with van der Waals surface area (Å²) in [6.45, 7) is 0. The van der Waals surface area contributed by atoms with E-state index < -0.39 is 23.2 Å². The standard InChI is InChI=1S/C14H12N4O4/c19-11-6-9(16-10-7-15-14(22)17-12(10)20)13(21)18(11)8-4-2-1-3-5-8/h1-5,7,9,16H,6H2,(H2,15,17,20,22). The Bertz CT molecular complexity index is 840. The number of carbonyl (C=O) groups is 2. The average molecular weight is 300 g/mol. The van der Waals surface area contributed by atoms with Crippen LogP contribution in [0.15, 0.2) is 46.1 Å². The van der Waals surface area contributed by atoms with Crippen molar-refractivity contribution in [2.45, 2.75) is 12.5 Å². The van der Waals surface area contributed by atoms with E-state index in [4.69, 9.17) is 0 Å². The van der Waals surface area contributed by atoms with E-state index in [1.165, 1.54) is 6.20 Å². The van der Waals surface area contributed by atoms with Crippen molar-refractivity contribution in [1.82, 2.24) is 9.97 Å². The second kappa shape index (κ2) is 5.32. The highest BCUT2D eigenvalue weighted by Gasteiger charge is 2.39. The SMILES string of the molecule is O=C1CC(Nc2c[nH]c(=O)[nH]c2=O)C(=O)N1c1ccccc1. The lowest BCUT2D eigenvalue weighted by molar-refractivity contribution is -0.121. The number of hydrogen-bond donors (Lipinski definition) is 3. The molecule has 3 N–H and O–H groups in total. The van der Waals surface area contributed by atoms with Gasteiger partial charge < -0.3 is 10.3 Å². The van der Waals surface area contributed by atoms with Gasteiger partial charge >= 0.3 is 5.69 Å². The van der Waals surface area contributed by atoms with E-state index in [1.807, 2.05) is 4.98 Å². The minimum absolute atomic E-state index is 0.0284. The molecule has 2 aromatic rings. The molecule has 22 heavy (non-hydrogen) atoms. The van der Waals surface area contributed by atoms with Crippen molar-refractivity contribution in [3.63, 3.8) is 0 Å². The molecule has 0 radical (unpaired) electrons. The Morgan fingerprint density at radius 2 is 1.82 bits per heavy atom. The van der Waals surface area contributed by atoms with Gasteiger partial charge in [-0.1, -0.05) is 18.2 Å². The summed E-state index contributed by atoms with van der Waals surface area (Å²) in [5.74, 6) is -0.795. The normalized spacial score (nSPS) is 17.8. The zero-order chi connectivity index (χ0) is 15.7. The first-order valence-electron chi connectivity index (χ1n) is 6.56. The van der Waals surface area contributed by atoms with Crippen LogP contribution in [0.2, 0.25) is 0 Å². The molecule has 1 aromatic heterocycles. The van der Waals surface area contributed by atoms with Crippen LogP contribution < -0.4 is 21.5 Å². The molecule has 0 spiro atoms. The molecule has 0 bridgehead atoms. The lowest BCUT2D eigenvalue weighted by Crippen LogP contribution is -2.36. The van der Waals surface area contributed by atoms with Crippen LogP contribution in [-0.2, 0) is 9.59 Å². The fourth-order valence-electron chi connectivity index (χ4n) is 2.30. The van der Waals surface area contributed by atoms with Crippen molar-refractivity contribution in [2.75, 3.05) is 10.2 Å². The Hall–Kier alpha value is -3.16. The van der Waals surface area contributed by atoms with Crippen LogP contribution in [0.3, 0.4) is 0 Å². The zero-order valence-electron chi connectivity index (χ0n) is 11.3. The van der Waals surface area contributed by atoms with Crippen LogP contribution in [0.4, 0.5) is 11.4 Å². The highest BCUT2D eigenvalue weighted by Crippen LogP contribution is 2.23. The summed E-state index contributed by atoms with van der Waals surface area (Å²) in [6, 6.07) is 7.70. The van der Waals surface area contributed by atoms with E-state index in [0.717, 1.165) is 4.90 Å². The number of H-pyrrole nitrogens is 2. The smallest absolute Gasteiger partial charge is 0.325 e. The third-order valence-corrected chi connectivity index (χ3v) is 3.31. The molecule has 2 amide bonds. The van der Waals surface area contributed by atoms with Gasteiger partial charge in [0, 0.05) is 6.20 Å². The first kappa shape index (κ1) is 13.8. The first-order valence-corrected chi connectivity index (χ1v) is 6.56. The lowest BCUT2D eigenvalue weighted by atomic mass is 10.2. The topological polar surface area (TPSA) is 115 Å². The van der Waals surface area contributed by atoms with Crippen molar-refractivity contribution < 1.29 is 9.59 Å². The number of aromatic nitrogens is 2. The van der Waals surface area contributed by atoms with Crippen LogP contribution in [0.5, 0.6) is 0 Å². The summed E-state index contributed by atoms with van der Waals surface area (Å²) in [7, 11) is 0. The summed E-state index contributed by atoms with van der Waals surface area (Å²) in [4.78, 5) is 52.4. The van der Waals surface area contributed by atoms with Gasteiger partial charge in [-0.25, -0.2) is 9.69 Å². The summed E-state index contributed by atoms with van der Waals surface area (Å²) in [5, 5.41) is 2.69. The van der Waals surface area contributed by atoms with Gasteiger partial charge in [0.1, 0.15) is 11.7 Å². The van der Waals surface area contributed by atoms with Gasteiger partial charge in [-0.15, -0.1) is 0 Å². The quantitative estimate of drug-likeness (QED) is 0.679. The Kier molecular flexibility index (Phi) is 3.34. The molecule has 0 aliphatic carbocycles.